The molecule has 6 heteroatoms. The third kappa shape index (κ3) is 2.49. The lowest BCUT2D eigenvalue weighted by molar-refractivity contribution is 0.0735. The molecule has 4 nitrogen and oxygen atoms in total. The standard InChI is InChI=1S/C16H19N3OS2/c1-18-11-4-5-12(18)9-19(7-6-11)16(20)13-10-22-15(17-13)14-3-2-8-21-14/h2-3,8,10-12H,4-7,9H2,1H3/t11-,12+/m1/s1. The summed E-state index contributed by atoms with van der Waals surface area (Å²) in [5.41, 5.74) is 0.605. The molecule has 0 aliphatic carbocycles. The SMILES string of the molecule is CN1[C@@H]2CC[C@H]1CN(C(=O)c1csc(-c3cccs3)n1)CC2. The third-order valence-corrected chi connectivity index (χ3v) is 6.77. The molecule has 0 N–H and O–H groups in total. The highest BCUT2D eigenvalue weighted by molar-refractivity contribution is 7.20. The van der Waals surface area contributed by atoms with Crippen LogP contribution in [0.2, 0.25) is 0 Å². The highest BCUT2D eigenvalue weighted by Crippen LogP contribution is 2.31. The van der Waals surface area contributed by atoms with Gasteiger partial charge in [0.05, 0.1) is 4.88 Å². The molecular weight excluding hydrogens is 314 g/mol. The van der Waals surface area contributed by atoms with Crippen molar-refractivity contribution in [2.75, 3.05) is 20.1 Å². The van der Waals surface area contributed by atoms with Gasteiger partial charge in [-0.3, -0.25) is 9.69 Å². The second-order valence-corrected chi connectivity index (χ2v) is 7.91. The number of aromatic nitrogens is 1. The van der Waals surface area contributed by atoms with Crippen LogP contribution in [0.25, 0.3) is 9.88 Å². The molecule has 4 rings (SSSR count). The molecule has 2 atom stereocenters. The van der Waals surface area contributed by atoms with Crippen molar-refractivity contribution >= 4 is 28.6 Å². The van der Waals surface area contributed by atoms with Gasteiger partial charge < -0.3 is 4.90 Å². The van der Waals surface area contributed by atoms with Gasteiger partial charge in [-0.15, -0.1) is 22.7 Å². The summed E-state index contributed by atoms with van der Waals surface area (Å²) in [4.78, 5) is 22.9. The van der Waals surface area contributed by atoms with Crippen LogP contribution in [0.1, 0.15) is 29.8 Å². The van der Waals surface area contributed by atoms with Crippen LogP contribution in [-0.2, 0) is 0 Å². The average molecular weight is 333 g/mol. The molecule has 2 aliphatic heterocycles. The van der Waals surface area contributed by atoms with Crippen molar-refractivity contribution in [3.05, 3.63) is 28.6 Å². The van der Waals surface area contributed by atoms with Gasteiger partial charge in [-0.05, 0) is 37.8 Å². The topological polar surface area (TPSA) is 36.4 Å². The Bertz CT molecular complexity index is 667. The van der Waals surface area contributed by atoms with Crippen molar-refractivity contribution in [2.45, 2.75) is 31.3 Å². The number of carbonyl (C=O) groups is 1. The molecule has 0 unspecified atom stereocenters. The average Bonchev–Trinajstić information content (AvgIpc) is 3.21. The van der Waals surface area contributed by atoms with Crippen LogP contribution in [0.3, 0.4) is 0 Å². The molecule has 2 bridgehead atoms. The van der Waals surface area contributed by atoms with E-state index in [4.69, 9.17) is 0 Å². The number of thiophene rings is 1. The molecule has 1 amide bonds. The van der Waals surface area contributed by atoms with Crippen LogP contribution < -0.4 is 0 Å². The van der Waals surface area contributed by atoms with Crippen LogP contribution >= 0.6 is 22.7 Å². The fraction of sp³-hybridized carbons (Fsp3) is 0.500. The van der Waals surface area contributed by atoms with E-state index in [0.29, 0.717) is 17.8 Å². The molecule has 0 aromatic carbocycles. The predicted molar refractivity (Wildman–Crippen MR) is 90.5 cm³/mol. The van der Waals surface area contributed by atoms with Crippen molar-refractivity contribution < 1.29 is 4.79 Å². The van der Waals surface area contributed by atoms with E-state index >= 15 is 0 Å². The highest BCUT2D eigenvalue weighted by Gasteiger charge is 2.36. The Morgan fingerprint density at radius 1 is 1.27 bits per heavy atom. The first-order chi connectivity index (χ1) is 10.7. The van der Waals surface area contributed by atoms with Gasteiger partial charge >= 0.3 is 0 Å². The number of rotatable bonds is 2. The number of thiazole rings is 1. The minimum atomic E-state index is 0.0972. The number of hydrogen-bond acceptors (Lipinski definition) is 5. The molecule has 22 heavy (non-hydrogen) atoms. The first-order valence-electron chi connectivity index (χ1n) is 7.73. The minimum absolute atomic E-state index is 0.0972. The van der Waals surface area contributed by atoms with Crippen molar-refractivity contribution in [3.63, 3.8) is 0 Å². The van der Waals surface area contributed by atoms with E-state index in [9.17, 15) is 4.79 Å². The number of hydrogen-bond donors (Lipinski definition) is 0. The Balaban J connectivity index is 1.52. The van der Waals surface area contributed by atoms with Crippen molar-refractivity contribution in [1.82, 2.24) is 14.8 Å². The zero-order valence-corrected chi connectivity index (χ0v) is 14.2. The number of amides is 1. The number of likely N-dealkylation sites (tertiary alicyclic amines) is 1. The number of likely N-dealkylation sites (N-methyl/N-ethyl adjacent to an activating group) is 1. The second-order valence-electron chi connectivity index (χ2n) is 6.11. The van der Waals surface area contributed by atoms with Crippen LogP contribution in [0.4, 0.5) is 0 Å². The third-order valence-electron chi connectivity index (χ3n) is 4.89. The summed E-state index contributed by atoms with van der Waals surface area (Å²) in [5, 5.41) is 4.90. The van der Waals surface area contributed by atoms with Crippen molar-refractivity contribution in [3.8, 4) is 9.88 Å². The van der Waals surface area contributed by atoms with E-state index < -0.39 is 0 Å². The van der Waals surface area contributed by atoms with Gasteiger partial charge in [-0.25, -0.2) is 4.98 Å². The fourth-order valence-electron chi connectivity index (χ4n) is 3.54. The molecule has 2 aromatic heterocycles. The zero-order chi connectivity index (χ0) is 15.1. The summed E-state index contributed by atoms with van der Waals surface area (Å²) in [7, 11) is 2.20. The molecular formula is C16H19N3OS2. The maximum atomic E-state index is 12.8. The molecule has 0 spiro atoms. The summed E-state index contributed by atoms with van der Waals surface area (Å²) in [6, 6.07) is 5.24. The quantitative estimate of drug-likeness (QED) is 0.847. The summed E-state index contributed by atoms with van der Waals surface area (Å²) in [5.74, 6) is 0.0972. The first-order valence-corrected chi connectivity index (χ1v) is 9.49. The van der Waals surface area contributed by atoms with Crippen LogP contribution in [0, 0.1) is 0 Å². The molecule has 0 radical (unpaired) electrons. The van der Waals surface area contributed by atoms with Crippen molar-refractivity contribution in [2.24, 2.45) is 0 Å². The Labute approximate surface area is 138 Å². The van der Waals surface area contributed by atoms with E-state index in [1.54, 1.807) is 22.7 Å². The largest absolute Gasteiger partial charge is 0.336 e. The van der Waals surface area contributed by atoms with E-state index in [1.807, 2.05) is 21.7 Å². The smallest absolute Gasteiger partial charge is 0.273 e. The predicted octanol–water partition coefficient (Wildman–Crippen LogP) is 3.18. The Morgan fingerprint density at radius 3 is 2.95 bits per heavy atom. The van der Waals surface area contributed by atoms with E-state index in [0.717, 1.165) is 29.4 Å². The van der Waals surface area contributed by atoms with Crippen LogP contribution in [0.15, 0.2) is 22.9 Å². The second kappa shape index (κ2) is 5.76. The monoisotopic (exact) mass is 333 g/mol. The van der Waals surface area contributed by atoms with Gasteiger partial charge in [-0.2, -0.15) is 0 Å². The van der Waals surface area contributed by atoms with Gasteiger partial charge in [0.15, 0.2) is 0 Å². The lowest BCUT2D eigenvalue weighted by Crippen LogP contribution is -2.39. The minimum Gasteiger partial charge on any atom is -0.336 e. The molecule has 2 aliphatic rings. The van der Waals surface area contributed by atoms with Gasteiger partial charge in [0.25, 0.3) is 5.91 Å². The van der Waals surface area contributed by atoms with E-state index in [1.165, 1.54) is 12.8 Å². The number of carbonyl (C=O) groups excluding carboxylic acids is 1. The Kier molecular flexibility index (Phi) is 3.76. The molecule has 4 heterocycles. The lowest BCUT2D eigenvalue weighted by Gasteiger charge is -2.25. The van der Waals surface area contributed by atoms with E-state index in [2.05, 4.69) is 23.0 Å². The van der Waals surface area contributed by atoms with Gasteiger partial charge in [0, 0.05) is 30.6 Å². The number of nitrogens with zero attached hydrogens (tertiary/aromatic N) is 3. The maximum Gasteiger partial charge on any atom is 0.273 e. The Morgan fingerprint density at radius 2 is 2.14 bits per heavy atom. The van der Waals surface area contributed by atoms with E-state index in [-0.39, 0.29) is 5.91 Å². The first kappa shape index (κ1) is 14.4. The normalized spacial score (nSPS) is 25.4. The van der Waals surface area contributed by atoms with Crippen molar-refractivity contribution in [1.29, 1.82) is 0 Å². The number of fused-ring (bicyclic) bond motifs is 2. The molecule has 0 saturated carbocycles. The van der Waals surface area contributed by atoms with Gasteiger partial charge in [-0.1, -0.05) is 6.07 Å². The maximum absolute atomic E-state index is 12.8. The fourth-order valence-corrected chi connectivity index (χ4v) is 5.15. The molecule has 2 aromatic rings. The highest BCUT2D eigenvalue weighted by atomic mass is 32.1. The lowest BCUT2D eigenvalue weighted by atomic mass is 10.1. The molecule has 2 fully saturated rings. The van der Waals surface area contributed by atoms with Crippen LogP contribution in [-0.4, -0.2) is 52.9 Å². The summed E-state index contributed by atoms with van der Waals surface area (Å²) >= 11 is 3.23. The summed E-state index contributed by atoms with van der Waals surface area (Å²) in [6.45, 7) is 1.70. The van der Waals surface area contributed by atoms with Gasteiger partial charge in [0.1, 0.15) is 10.7 Å². The zero-order valence-electron chi connectivity index (χ0n) is 12.6. The van der Waals surface area contributed by atoms with Gasteiger partial charge in [0.2, 0.25) is 0 Å². The molecule has 2 saturated heterocycles. The molecule has 116 valence electrons. The Hall–Kier alpha value is -1.24. The summed E-state index contributed by atoms with van der Waals surface area (Å²) in [6.07, 6.45) is 3.57. The van der Waals surface area contributed by atoms with Crippen LogP contribution in [0.5, 0.6) is 0 Å². The summed E-state index contributed by atoms with van der Waals surface area (Å²) < 4.78 is 0.